The van der Waals surface area contributed by atoms with Gasteiger partial charge in [-0.25, -0.2) is 0 Å². The molecule has 0 aliphatic carbocycles. The number of carbonyl (C=O) groups is 1. The lowest BCUT2D eigenvalue weighted by Crippen LogP contribution is -2.27. The van der Waals surface area contributed by atoms with Gasteiger partial charge in [0.05, 0.1) is 6.04 Å². The molecule has 3 atom stereocenters. The smallest absolute Gasteiger partial charge is 0.150 e. The SMILES string of the molecule is CCC(=O)C1CC(N)CN1P. The molecule has 0 aromatic rings. The summed E-state index contributed by atoms with van der Waals surface area (Å²) in [6.07, 6.45) is 1.43. The molecule has 0 radical (unpaired) electrons. The molecule has 0 bridgehead atoms. The second-order valence-corrected chi connectivity index (χ2v) is 3.69. The van der Waals surface area contributed by atoms with Gasteiger partial charge in [-0.3, -0.25) is 9.46 Å². The van der Waals surface area contributed by atoms with Crippen LogP contribution in [0.5, 0.6) is 0 Å². The maximum absolute atomic E-state index is 11.3. The average Bonchev–Trinajstić information content (AvgIpc) is 2.28. The second-order valence-electron chi connectivity index (χ2n) is 3.03. The summed E-state index contributed by atoms with van der Waals surface area (Å²) < 4.78 is 1.97. The van der Waals surface area contributed by atoms with Crippen LogP contribution in [0, 0.1) is 0 Å². The fourth-order valence-corrected chi connectivity index (χ4v) is 2.01. The topological polar surface area (TPSA) is 46.3 Å². The summed E-state index contributed by atoms with van der Waals surface area (Å²) in [6, 6.07) is 0.230. The zero-order chi connectivity index (χ0) is 8.43. The number of ketones is 1. The van der Waals surface area contributed by atoms with Gasteiger partial charge in [-0.15, -0.1) is 0 Å². The van der Waals surface area contributed by atoms with Gasteiger partial charge in [0, 0.05) is 19.0 Å². The van der Waals surface area contributed by atoms with Crippen molar-refractivity contribution in [2.75, 3.05) is 6.54 Å². The fraction of sp³-hybridized carbons (Fsp3) is 0.857. The first-order valence-electron chi connectivity index (χ1n) is 3.94. The molecule has 3 unspecified atom stereocenters. The van der Waals surface area contributed by atoms with Gasteiger partial charge in [0.2, 0.25) is 0 Å². The molecule has 0 amide bonds. The number of Topliss-reactive ketones (excluding diaryl/α,β-unsaturated/α-hetero) is 1. The molecule has 64 valence electrons. The predicted molar refractivity (Wildman–Crippen MR) is 48.1 cm³/mol. The highest BCUT2D eigenvalue weighted by Crippen LogP contribution is 2.21. The Bertz CT molecular complexity index is 163. The van der Waals surface area contributed by atoms with Crippen LogP contribution in [0.25, 0.3) is 0 Å². The van der Waals surface area contributed by atoms with E-state index in [1.54, 1.807) is 0 Å². The van der Waals surface area contributed by atoms with E-state index in [1.165, 1.54) is 0 Å². The van der Waals surface area contributed by atoms with Crippen molar-refractivity contribution in [3.63, 3.8) is 0 Å². The van der Waals surface area contributed by atoms with Crippen LogP contribution in [-0.4, -0.2) is 29.1 Å². The molecule has 0 spiro atoms. The minimum atomic E-state index is 0.0556. The van der Waals surface area contributed by atoms with E-state index in [1.807, 2.05) is 11.6 Å². The van der Waals surface area contributed by atoms with E-state index in [-0.39, 0.29) is 12.1 Å². The molecule has 0 aromatic heterocycles. The van der Waals surface area contributed by atoms with Crippen LogP contribution < -0.4 is 5.73 Å². The van der Waals surface area contributed by atoms with Crippen LogP contribution in [0.1, 0.15) is 19.8 Å². The van der Waals surface area contributed by atoms with Crippen molar-refractivity contribution in [3.8, 4) is 0 Å². The summed E-state index contributed by atoms with van der Waals surface area (Å²) >= 11 is 0. The molecule has 0 saturated carbocycles. The highest BCUT2D eigenvalue weighted by atomic mass is 31.0. The van der Waals surface area contributed by atoms with Crippen LogP contribution in [0.15, 0.2) is 0 Å². The Kier molecular flexibility index (Phi) is 2.99. The van der Waals surface area contributed by atoms with Gasteiger partial charge in [-0.05, 0) is 6.42 Å². The molecule has 1 aliphatic rings. The molecule has 1 saturated heterocycles. The third-order valence-electron chi connectivity index (χ3n) is 2.09. The maximum atomic E-state index is 11.3. The van der Waals surface area contributed by atoms with Crippen LogP contribution in [0.4, 0.5) is 0 Å². The fourth-order valence-electron chi connectivity index (χ4n) is 1.45. The van der Waals surface area contributed by atoms with E-state index in [2.05, 4.69) is 9.39 Å². The van der Waals surface area contributed by atoms with E-state index in [0.29, 0.717) is 12.2 Å². The number of nitrogens with zero attached hydrogens (tertiary/aromatic N) is 1. The third-order valence-corrected chi connectivity index (χ3v) is 2.66. The van der Waals surface area contributed by atoms with Crippen molar-refractivity contribution < 1.29 is 4.79 Å². The predicted octanol–water partition coefficient (Wildman–Crippen LogP) is 0.157. The number of nitrogens with two attached hydrogens (primary N) is 1. The van der Waals surface area contributed by atoms with Gasteiger partial charge in [0.15, 0.2) is 0 Å². The van der Waals surface area contributed by atoms with Crippen molar-refractivity contribution in [2.24, 2.45) is 5.73 Å². The van der Waals surface area contributed by atoms with Gasteiger partial charge in [-0.2, -0.15) is 0 Å². The first kappa shape index (κ1) is 9.11. The average molecular weight is 174 g/mol. The zero-order valence-corrected chi connectivity index (χ0v) is 7.94. The highest BCUT2D eigenvalue weighted by molar-refractivity contribution is 7.13. The molecule has 3 nitrogen and oxygen atoms in total. The van der Waals surface area contributed by atoms with Crippen molar-refractivity contribution in [3.05, 3.63) is 0 Å². The molecular weight excluding hydrogens is 159 g/mol. The number of rotatable bonds is 2. The largest absolute Gasteiger partial charge is 0.326 e. The van der Waals surface area contributed by atoms with E-state index < -0.39 is 0 Å². The lowest BCUT2D eigenvalue weighted by atomic mass is 10.1. The number of carbonyl (C=O) groups excluding carboxylic acids is 1. The Hall–Kier alpha value is 0.0200. The minimum absolute atomic E-state index is 0.0556. The summed E-state index contributed by atoms with van der Waals surface area (Å²) in [7, 11) is 2.57. The molecule has 4 heteroatoms. The van der Waals surface area contributed by atoms with Crippen molar-refractivity contribution in [2.45, 2.75) is 31.8 Å². The van der Waals surface area contributed by atoms with E-state index in [0.717, 1.165) is 13.0 Å². The lowest BCUT2D eigenvalue weighted by molar-refractivity contribution is -0.121. The van der Waals surface area contributed by atoms with Crippen LogP contribution in [-0.2, 0) is 4.79 Å². The van der Waals surface area contributed by atoms with E-state index in [4.69, 9.17) is 5.73 Å². The molecular formula is C7H15N2OP. The van der Waals surface area contributed by atoms with Crippen molar-refractivity contribution in [1.82, 2.24) is 4.67 Å². The Morgan fingerprint density at radius 1 is 1.82 bits per heavy atom. The number of hydrogen-bond donors (Lipinski definition) is 1. The van der Waals surface area contributed by atoms with E-state index >= 15 is 0 Å². The first-order chi connectivity index (χ1) is 5.15. The Morgan fingerprint density at radius 2 is 2.45 bits per heavy atom. The Balaban J connectivity index is 2.52. The maximum Gasteiger partial charge on any atom is 0.150 e. The third kappa shape index (κ3) is 1.98. The summed E-state index contributed by atoms with van der Waals surface area (Å²) in [5.74, 6) is 0.299. The standard InChI is InChI=1S/C7H15N2OP/c1-2-7(10)6-3-5(8)4-9(6)11/h5-6H,2-4,8,11H2,1H3. The minimum Gasteiger partial charge on any atom is -0.326 e. The summed E-state index contributed by atoms with van der Waals surface area (Å²) in [5.41, 5.74) is 5.70. The van der Waals surface area contributed by atoms with Crippen LogP contribution in [0.2, 0.25) is 0 Å². The second kappa shape index (κ2) is 3.61. The molecule has 0 aromatic carbocycles. The lowest BCUT2D eigenvalue weighted by Gasteiger charge is -2.15. The normalized spacial score (nSPS) is 32.6. The van der Waals surface area contributed by atoms with Crippen LogP contribution >= 0.6 is 9.39 Å². The molecule has 11 heavy (non-hydrogen) atoms. The van der Waals surface area contributed by atoms with E-state index in [9.17, 15) is 4.79 Å². The van der Waals surface area contributed by atoms with Crippen molar-refractivity contribution >= 4 is 15.2 Å². The summed E-state index contributed by atoms with van der Waals surface area (Å²) in [6.45, 7) is 2.71. The zero-order valence-electron chi connectivity index (χ0n) is 6.79. The monoisotopic (exact) mass is 174 g/mol. The highest BCUT2D eigenvalue weighted by Gasteiger charge is 2.31. The van der Waals surface area contributed by atoms with Crippen molar-refractivity contribution in [1.29, 1.82) is 0 Å². The number of hydrogen-bond acceptors (Lipinski definition) is 3. The van der Waals surface area contributed by atoms with Gasteiger partial charge in [0.25, 0.3) is 0 Å². The molecule has 1 aliphatic heterocycles. The Morgan fingerprint density at radius 3 is 2.82 bits per heavy atom. The summed E-state index contributed by atoms with van der Waals surface area (Å²) in [4.78, 5) is 11.3. The first-order valence-corrected chi connectivity index (χ1v) is 4.46. The van der Waals surface area contributed by atoms with Crippen LogP contribution in [0.3, 0.4) is 0 Å². The molecule has 1 heterocycles. The quantitative estimate of drug-likeness (QED) is 0.606. The van der Waals surface area contributed by atoms with Gasteiger partial charge in [-0.1, -0.05) is 16.3 Å². The van der Waals surface area contributed by atoms with Gasteiger partial charge in [0.1, 0.15) is 5.78 Å². The van der Waals surface area contributed by atoms with Gasteiger partial charge >= 0.3 is 0 Å². The molecule has 1 rings (SSSR count). The molecule has 1 fully saturated rings. The molecule has 2 N–H and O–H groups in total. The van der Waals surface area contributed by atoms with Gasteiger partial charge < -0.3 is 5.73 Å². The summed E-state index contributed by atoms with van der Waals surface area (Å²) in [5, 5.41) is 0. The Labute approximate surface area is 69.6 Å².